The fraction of sp³-hybridized carbons (Fsp3) is 0.227. The Morgan fingerprint density at radius 2 is 1.93 bits per heavy atom. The molecule has 2 aromatic heterocycles. The standard InChI is InChI=1S/C22H22FN5O2/c1-12(22(30)27-18-8-7-17-16(18)6-9-20(24)26-17)28-11-14(10-19(28)21(25)29)13-2-4-15(23)5-3-13/h2-6,9-12,18H,7-8H2,1H3,(H2,24,26)(H2,25,29)(H,27,30)/t12-,18-/m0/s1. The number of fused-ring (bicyclic) bond motifs is 1. The Kier molecular flexibility index (Phi) is 4.99. The molecule has 0 saturated carbocycles. The van der Waals surface area contributed by atoms with E-state index < -0.39 is 11.9 Å². The number of benzene rings is 1. The van der Waals surface area contributed by atoms with Crippen LogP contribution in [0, 0.1) is 5.82 Å². The van der Waals surface area contributed by atoms with Crippen molar-refractivity contribution in [2.45, 2.75) is 31.8 Å². The lowest BCUT2D eigenvalue weighted by atomic mass is 10.1. The molecule has 7 nitrogen and oxygen atoms in total. The molecule has 1 aromatic carbocycles. The number of hydrogen-bond acceptors (Lipinski definition) is 4. The number of aryl methyl sites for hydroxylation is 1. The number of amides is 2. The Bertz CT molecular complexity index is 1120. The maximum Gasteiger partial charge on any atom is 0.265 e. The van der Waals surface area contributed by atoms with Crippen LogP contribution in [0.25, 0.3) is 11.1 Å². The third-order valence-corrected chi connectivity index (χ3v) is 5.47. The van der Waals surface area contributed by atoms with Gasteiger partial charge in [-0.2, -0.15) is 0 Å². The number of rotatable bonds is 5. The van der Waals surface area contributed by atoms with Gasteiger partial charge in [-0.05, 0) is 55.2 Å². The van der Waals surface area contributed by atoms with Crippen LogP contribution in [0.3, 0.4) is 0 Å². The number of carbonyl (C=O) groups is 2. The largest absolute Gasteiger partial charge is 0.384 e. The van der Waals surface area contributed by atoms with Gasteiger partial charge in [-0.15, -0.1) is 0 Å². The zero-order valence-corrected chi connectivity index (χ0v) is 16.4. The van der Waals surface area contributed by atoms with Crippen molar-refractivity contribution in [2.75, 3.05) is 5.73 Å². The van der Waals surface area contributed by atoms with Crippen LogP contribution >= 0.6 is 0 Å². The Hall–Kier alpha value is -3.68. The van der Waals surface area contributed by atoms with Gasteiger partial charge in [0.1, 0.15) is 23.4 Å². The van der Waals surface area contributed by atoms with E-state index in [4.69, 9.17) is 11.5 Å². The summed E-state index contributed by atoms with van der Waals surface area (Å²) in [5.41, 5.74) is 14.7. The normalized spacial score (nSPS) is 16.1. The fourth-order valence-corrected chi connectivity index (χ4v) is 3.85. The van der Waals surface area contributed by atoms with Crippen LogP contribution in [0.2, 0.25) is 0 Å². The average molecular weight is 407 g/mol. The number of pyridine rings is 1. The minimum absolute atomic E-state index is 0.160. The molecule has 30 heavy (non-hydrogen) atoms. The summed E-state index contributed by atoms with van der Waals surface area (Å²) in [5.74, 6) is -0.780. The molecule has 0 radical (unpaired) electrons. The molecular weight excluding hydrogens is 385 g/mol. The first-order valence-electron chi connectivity index (χ1n) is 9.67. The molecule has 3 aromatic rings. The van der Waals surface area contributed by atoms with E-state index in [1.807, 2.05) is 6.07 Å². The molecule has 1 aliphatic carbocycles. The van der Waals surface area contributed by atoms with E-state index in [9.17, 15) is 14.0 Å². The molecule has 4 rings (SSSR count). The molecule has 0 bridgehead atoms. The van der Waals surface area contributed by atoms with E-state index in [1.165, 1.54) is 12.1 Å². The van der Waals surface area contributed by atoms with Crippen molar-refractivity contribution < 1.29 is 14.0 Å². The first-order chi connectivity index (χ1) is 14.3. The number of hydrogen-bond donors (Lipinski definition) is 3. The second-order valence-electron chi connectivity index (χ2n) is 7.44. The summed E-state index contributed by atoms with van der Waals surface area (Å²) in [5, 5.41) is 3.03. The zero-order valence-electron chi connectivity index (χ0n) is 16.4. The van der Waals surface area contributed by atoms with Gasteiger partial charge in [0.15, 0.2) is 0 Å². The van der Waals surface area contributed by atoms with Crippen molar-refractivity contribution in [3.8, 4) is 11.1 Å². The molecule has 0 spiro atoms. The van der Waals surface area contributed by atoms with Crippen LogP contribution in [-0.4, -0.2) is 21.4 Å². The number of carbonyl (C=O) groups excluding carboxylic acids is 2. The van der Waals surface area contributed by atoms with E-state index >= 15 is 0 Å². The molecule has 0 unspecified atom stereocenters. The van der Waals surface area contributed by atoms with Gasteiger partial charge in [-0.25, -0.2) is 9.37 Å². The topological polar surface area (TPSA) is 116 Å². The predicted octanol–water partition coefficient (Wildman–Crippen LogP) is 2.74. The van der Waals surface area contributed by atoms with Gasteiger partial charge in [0.05, 0.1) is 6.04 Å². The molecule has 0 aliphatic heterocycles. The summed E-state index contributed by atoms with van der Waals surface area (Å²) in [7, 11) is 0. The fourth-order valence-electron chi connectivity index (χ4n) is 3.85. The Morgan fingerprint density at radius 1 is 1.20 bits per heavy atom. The van der Waals surface area contributed by atoms with Crippen LogP contribution in [0.1, 0.15) is 47.2 Å². The van der Waals surface area contributed by atoms with Gasteiger partial charge in [0.2, 0.25) is 5.91 Å². The van der Waals surface area contributed by atoms with Crippen molar-refractivity contribution >= 4 is 17.6 Å². The van der Waals surface area contributed by atoms with Gasteiger partial charge in [-0.1, -0.05) is 18.2 Å². The highest BCUT2D eigenvalue weighted by atomic mass is 19.1. The number of halogens is 1. The monoisotopic (exact) mass is 407 g/mol. The van der Waals surface area contributed by atoms with Crippen molar-refractivity contribution in [3.63, 3.8) is 0 Å². The van der Waals surface area contributed by atoms with Crippen LogP contribution in [0.5, 0.6) is 0 Å². The number of nitrogens with one attached hydrogen (secondary N) is 1. The third-order valence-electron chi connectivity index (χ3n) is 5.47. The second kappa shape index (κ2) is 7.62. The summed E-state index contributed by atoms with van der Waals surface area (Å²) in [6.45, 7) is 1.70. The number of primary amides is 1. The molecule has 0 saturated heterocycles. The highest BCUT2D eigenvalue weighted by molar-refractivity contribution is 5.94. The summed E-state index contributed by atoms with van der Waals surface area (Å²) in [6.07, 6.45) is 3.16. The van der Waals surface area contributed by atoms with E-state index in [1.54, 1.807) is 42.0 Å². The van der Waals surface area contributed by atoms with Gasteiger partial charge < -0.3 is 21.4 Å². The molecule has 5 N–H and O–H groups in total. The second-order valence-corrected chi connectivity index (χ2v) is 7.44. The average Bonchev–Trinajstić information content (AvgIpc) is 3.32. The number of nitrogens with two attached hydrogens (primary N) is 2. The Labute approximate surface area is 172 Å². The lowest BCUT2D eigenvalue weighted by Crippen LogP contribution is -2.34. The third kappa shape index (κ3) is 3.63. The highest BCUT2D eigenvalue weighted by Gasteiger charge is 2.28. The molecule has 0 fully saturated rings. The van der Waals surface area contributed by atoms with E-state index in [0.29, 0.717) is 11.4 Å². The molecule has 2 heterocycles. The smallest absolute Gasteiger partial charge is 0.265 e. The minimum atomic E-state index is -0.674. The minimum Gasteiger partial charge on any atom is -0.384 e. The number of nitrogen functional groups attached to an aromatic ring is 1. The van der Waals surface area contributed by atoms with Crippen molar-refractivity contribution in [3.05, 3.63) is 71.4 Å². The first kappa shape index (κ1) is 19.6. The van der Waals surface area contributed by atoms with Crippen molar-refractivity contribution in [1.82, 2.24) is 14.9 Å². The van der Waals surface area contributed by atoms with Gasteiger partial charge in [0.25, 0.3) is 5.91 Å². The molecular formula is C22H22FN5O2. The SMILES string of the molecule is C[C@@H](C(=O)N[C@H]1CCc2nc(N)ccc21)n1cc(-c2ccc(F)cc2)cc1C(N)=O. The maximum absolute atomic E-state index is 13.2. The first-order valence-corrected chi connectivity index (χ1v) is 9.67. The molecule has 2 amide bonds. The summed E-state index contributed by atoms with van der Waals surface area (Å²) in [4.78, 5) is 29.3. The van der Waals surface area contributed by atoms with Gasteiger partial charge >= 0.3 is 0 Å². The molecule has 154 valence electrons. The van der Waals surface area contributed by atoms with Gasteiger partial charge in [0, 0.05) is 17.5 Å². The molecule has 8 heteroatoms. The van der Waals surface area contributed by atoms with E-state index in [0.717, 1.165) is 29.7 Å². The number of nitrogens with zero attached hydrogens (tertiary/aromatic N) is 2. The molecule has 1 aliphatic rings. The quantitative estimate of drug-likeness (QED) is 0.603. The van der Waals surface area contributed by atoms with Crippen molar-refractivity contribution in [2.24, 2.45) is 5.73 Å². The number of aromatic nitrogens is 2. The summed E-state index contributed by atoms with van der Waals surface area (Å²) < 4.78 is 14.8. The lowest BCUT2D eigenvalue weighted by molar-refractivity contribution is -0.124. The van der Waals surface area contributed by atoms with Gasteiger partial charge in [-0.3, -0.25) is 9.59 Å². The van der Waals surface area contributed by atoms with Crippen LogP contribution in [0.4, 0.5) is 10.2 Å². The van der Waals surface area contributed by atoms with Crippen LogP contribution < -0.4 is 16.8 Å². The molecule has 2 atom stereocenters. The van der Waals surface area contributed by atoms with E-state index in [-0.39, 0.29) is 23.5 Å². The summed E-state index contributed by atoms with van der Waals surface area (Å²) in [6, 6.07) is 10.3. The Morgan fingerprint density at radius 3 is 2.63 bits per heavy atom. The maximum atomic E-state index is 13.2. The lowest BCUT2D eigenvalue weighted by Gasteiger charge is -2.20. The Balaban J connectivity index is 1.58. The highest BCUT2D eigenvalue weighted by Crippen LogP contribution is 2.31. The number of anilines is 1. The zero-order chi connectivity index (χ0) is 21.4. The van der Waals surface area contributed by atoms with Crippen LogP contribution in [0.15, 0.2) is 48.7 Å². The summed E-state index contributed by atoms with van der Waals surface area (Å²) >= 11 is 0. The van der Waals surface area contributed by atoms with Crippen molar-refractivity contribution in [1.29, 1.82) is 0 Å². The predicted molar refractivity (Wildman–Crippen MR) is 111 cm³/mol. The van der Waals surface area contributed by atoms with E-state index in [2.05, 4.69) is 10.3 Å². The van der Waals surface area contributed by atoms with Crippen LogP contribution in [-0.2, 0) is 11.2 Å².